The van der Waals surface area contributed by atoms with Crippen LogP contribution in [-0.4, -0.2) is 114 Å². The summed E-state index contributed by atoms with van der Waals surface area (Å²) in [6.45, 7) is 5.70. The molecule has 0 bridgehead atoms. The fraction of sp³-hybridized carbons (Fsp3) is 0.576. The van der Waals surface area contributed by atoms with Crippen LogP contribution in [0.5, 0.6) is 0 Å². The molecule has 3 amide bonds. The third-order valence-electron chi connectivity index (χ3n) is 8.39. The zero-order valence-electron chi connectivity index (χ0n) is 26.9. The van der Waals surface area contributed by atoms with Gasteiger partial charge in [-0.2, -0.15) is 0 Å². The maximum absolute atomic E-state index is 13.7. The summed E-state index contributed by atoms with van der Waals surface area (Å²) in [5.41, 5.74) is 0.833. The number of piperidine rings is 1. The summed E-state index contributed by atoms with van der Waals surface area (Å²) < 4.78 is 10.7. The highest BCUT2D eigenvalue weighted by Crippen LogP contribution is 2.25. The molecule has 13 nitrogen and oxygen atoms in total. The number of aliphatic carboxylic acids is 1. The van der Waals surface area contributed by atoms with Crippen LogP contribution < -0.4 is 10.2 Å². The molecule has 2 aliphatic heterocycles. The van der Waals surface area contributed by atoms with Crippen LogP contribution >= 0.6 is 0 Å². The number of aromatic nitrogens is 2. The molecule has 1 aromatic carbocycles. The van der Waals surface area contributed by atoms with Gasteiger partial charge < -0.3 is 34.6 Å². The average Bonchev–Trinajstić information content (AvgIpc) is 3.08. The van der Waals surface area contributed by atoms with E-state index < -0.39 is 29.9 Å². The van der Waals surface area contributed by atoms with Crippen molar-refractivity contribution in [1.82, 2.24) is 25.1 Å². The topological polar surface area (TPSA) is 154 Å². The van der Waals surface area contributed by atoms with E-state index in [0.29, 0.717) is 30.8 Å². The number of carbonyl (C=O) groups excluding carboxylic acids is 3. The van der Waals surface area contributed by atoms with Gasteiger partial charge >= 0.3 is 12.1 Å². The van der Waals surface area contributed by atoms with Crippen LogP contribution in [0.2, 0.25) is 0 Å². The molecule has 0 aliphatic carbocycles. The first-order chi connectivity index (χ1) is 22.3. The van der Waals surface area contributed by atoms with Gasteiger partial charge in [0.2, 0.25) is 5.91 Å². The number of unbranched alkanes of at least 4 members (excludes halogenated alkanes) is 2. The number of rotatable bonds is 14. The van der Waals surface area contributed by atoms with E-state index in [1.807, 2.05) is 30.3 Å². The van der Waals surface area contributed by atoms with Crippen molar-refractivity contribution in [3.63, 3.8) is 0 Å². The smallest absolute Gasteiger partial charge is 0.409 e. The fourth-order valence-electron chi connectivity index (χ4n) is 5.68. The quantitative estimate of drug-likeness (QED) is 0.294. The molecule has 2 aromatic rings. The molecular weight excluding hydrogens is 592 g/mol. The van der Waals surface area contributed by atoms with E-state index in [0.717, 1.165) is 50.8 Å². The number of hydrogen-bond acceptors (Lipinski definition) is 9. The van der Waals surface area contributed by atoms with Crippen LogP contribution in [0.15, 0.2) is 36.4 Å². The molecule has 3 heterocycles. The van der Waals surface area contributed by atoms with E-state index in [2.05, 4.69) is 22.1 Å². The number of carbonyl (C=O) groups is 4. The summed E-state index contributed by atoms with van der Waals surface area (Å²) in [6, 6.07) is 9.90. The highest BCUT2D eigenvalue weighted by Gasteiger charge is 2.32. The molecule has 0 radical (unpaired) electrons. The SMILES string of the molecule is CCCCCOC(=O)N1CCN(C(=O)[C@H](CCC(=O)O)NC(=O)c2cc(N3CCC(COC)CC3)nc(-c3ccccc3)n2)CC1. The molecule has 0 spiro atoms. The normalized spacial score (nSPS) is 16.2. The Morgan fingerprint density at radius 1 is 0.978 bits per heavy atom. The molecule has 2 saturated heterocycles. The molecule has 4 rings (SSSR count). The lowest BCUT2D eigenvalue weighted by Gasteiger charge is -2.36. The number of anilines is 1. The van der Waals surface area contributed by atoms with E-state index in [4.69, 9.17) is 14.5 Å². The Hall–Kier alpha value is -4.26. The fourth-order valence-corrected chi connectivity index (χ4v) is 5.68. The van der Waals surface area contributed by atoms with Crippen molar-refractivity contribution >= 4 is 29.7 Å². The van der Waals surface area contributed by atoms with Gasteiger partial charge in [-0.1, -0.05) is 50.1 Å². The predicted molar refractivity (Wildman–Crippen MR) is 171 cm³/mol. The number of carboxylic acid groups (broad SMARTS) is 1. The Labute approximate surface area is 270 Å². The van der Waals surface area contributed by atoms with Crippen LogP contribution in [0.25, 0.3) is 11.4 Å². The van der Waals surface area contributed by atoms with Crippen LogP contribution in [0.4, 0.5) is 10.6 Å². The number of methoxy groups -OCH3 is 1. The third-order valence-corrected chi connectivity index (χ3v) is 8.39. The number of hydrogen-bond donors (Lipinski definition) is 2. The minimum atomic E-state index is -1.08. The maximum Gasteiger partial charge on any atom is 0.409 e. The molecular formula is C33H46N6O7. The number of carboxylic acids is 1. The summed E-state index contributed by atoms with van der Waals surface area (Å²) in [5.74, 6) is -0.611. The number of benzene rings is 1. The molecule has 2 N–H and O–H groups in total. The monoisotopic (exact) mass is 638 g/mol. The molecule has 2 aliphatic rings. The van der Waals surface area contributed by atoms with Gasteiger partial charge in [0.25, 0.3) is 5.91 Å². The van der Waals surface area contributed by atoms with Gasteiger partial charge in [0.05, 0.1) is 6.61 Å². The van der Waals surface area contributed by atoms with E-state index in [-0.39, 0.29) is 44.7 Å². The molecule has 250 valence electrons. The molecule has 2 fully saturated rings. The Balaban J connectivity index is 1.48. The number of nitrogens with zero attached hydrogens (tertiary/aromatic N) is 5. The van der Waals surface area contributed by atoms with E-state index in [9.17, 15) is 24.3 Å². The first-order valence-corrected chi connectivity index (χ1v) is 16.2. The first-order valence-electron chi connectivity index (χ1n) is 16.2. The molecule has 13 heteroatoms. The van der Waals surface area contributed by atoms with Crippen molar-refractivity contribution in [2.45, 2.75) is 57.9 Å². The molecule has 46 heavy (non-hydrogen) atoms. The molecule has 1 atom stereocenters. The number of piperazine rings is 1. The summed E-state index contributed by atoms with van der Waals surface area (Å²) >= 11 is 0. The lowest BCUT2D eigenvalue weighted by atomic mass is 9.98. The van der Waals surface area contributed by atoms with Gasteiger partial charge in [0.15, 0.2) is 5.82 Å². The highest BCUT2D eigenvalue weighted by atomic mass is 16.6. The Bertz CT molecular complexity index is 1310. The van der Waals surface area contributed by atoms with E-state index >= 15 is 0 Å². The highest BCUT2D eigenvalue weighted by molar-refractivity contribution is 5.97. The minimum absolute atomic E-state index is 0.0872. The number of ether oxygens (including phenoxy) is 2. The van der Waals surface area contributed by atoms with Gasteiger partial charge in [-0.05, 0) is 31.6 Å². The lowest BCUT2D eigenvalue weighted by molar-refractivity contribution is -0.138. The maximum atomic E-state index is 13.7. The zero-order valence-corrected chi connectivity index (χ0v) is 26.9. The zero-order chi connectivity index (χ0) is 32.9. The van der Waals surface area contributed by atoms with Gasteiger partial charge in [-0.25, -0.2) is 14.8 Å². The summed E-state index contributed by atoms with van der Waals surface area (Å²) in [6.07, 6.45) is 3.87. The summed E-state index contributed by atoms with van der Waals surface area (Å²) in [5, 5.41) is 12.1. The van der Waals surface area contributed by atoms with Crippen molar-refractivity contribution < 1.29 is 33.8 Å². The second-order valence-electron chi connectivity index (χ2n) is 11.8. The first kappa shape index (κ1) is 34.6. The average molecular weight is 639 g/mol. The van der Waals surface area contributed by atoms with E-state index in [1.165, 1.54) is 0 Å². The van der Waals surface area contributed by atoms with Gasteiger partial charge in [0.1, 0.15) is 17.6 Å². The Morgan fingerprint density at radius 2 is 1.67 bits per heavy atom. The van der Waals surface area contributed by atoms with Crippen molar-refractivity contribution in [2.75, 3.05) is 64.5 Å². The summed E-state index contributed by atoms with van der Waals surface area (Å²) in [4.78, 5) is 65.8. The molecule has 0 saturated carbocycles. The molecule has 1 aromatic heterocycles. The predicted octanol–water partition coefficient (Wildman–Crippen LogP) is 3.44. The Morgan fingerprint density at radius 3 is 2.33 bits per heavy atom. The van der Waals surface area contributed by atoms with Gasteiger partial charge in [-0.3, -0.25) is 14.4 Å². The van der Waals surface area contributed by atoms with Crippen molar-refractivity contribution in [3.05, 3.63) is 42.1 Å². The number of amides is 3. The van der Waals surface area contributed by atoms with Crippen LogP contribution in [0, 0.1) is 5.92 Å². The van der Waals surface area contributed by atoms with Crippen molar-refractivity contribution in [1.29, 1.82) is 0 Å². The molecule has 0 unspecified atom stereocenters. The third kappa shape index (κ3) is 9.87. The largest absolute Gasteiger partial charge is 0.481 e. The van der Waals surface area contributed by atoms with Gasteiger partial charge in [-0.15, -0.1) is 0 Å². The van der Waals surface area contributed by atoms with E-state index in [1.54, 1.807) is 23.0 Å². The standard InChI is InChI=1S/C33H46N6O7/c1-3-4-8-21-46-33(44)39-19-17-38(18-20-39)32(43)26(11-12-29(40)41)35-31(42)27-22-28(37-15-13-24(14-16-37)23-45-2)36-30(34-27)25-9-6-5-7-10-25/h5-7,9-10,22,24,26H,3-4,8,11-21,23H2,1-2H3,(H,35,42)(H,40,41)/t26-/m0/s1. The van der Waals surface area contributed by atoms with Crippen LogP contribution in [0.3, 0.4) is 0 Å². The van der Waals surface area contributed by atoms with Crippen LogP contribution in [-0.2, 0) is 19.1 Å². The Kier molecular flexibility index (Phi) is 13.1. The van der Waals surface area contributed by atoms with Gasteiger partial charge in [0, 0.05) is 71.0 Å². The second kappa shape index (κ2) is 17.4. The van der Waals surface area contributed by atoms with Crippen molar-refractivity contribution in [2.24, 2.45) is 5.92 Å². The second-order valence-corrected chi connectivity index (χ2v) is 11.8. The lowest BCUT2D eigenvalue weighted by Crippen LogP contribution is -2.56. The minimum Gasteiger partial charge on any atom is -0.481 e. The van der Waals surface area contributed by atoms with Crippen molar-refractivity contribution in [3.8, 4) is 11.4 Å². The summed E-state index contributed by atoms with van der Waals surface area (Å²) in [7, 11) is 1.70. The van der Waals surface area contributed by atoms with Crippen LogP contribution in [0.1, 0.15) is 62.4 Å². The number of nitrogens with one attached hydrogen (secondary N) is 1.